The van der Waals surface area contributed by atoms with E-state index < -0.39 is 5.41 Å². The summed E-state index contributed by atoms with van der Waals surface area (Å²) in [5.74, 6) is 0.567. The first-order valence-corrected chi connectivity index (χ1v) is 8.40. The average molecular weight is 334 g/mol. The van der Waals surface area contributed by atoms with Crippen LogP contribution in [-0.4, -0.2) is 48.6 Å². The van der Waals surface area contributed by atoms with Crippen LogP contribution in [0.3, 0.4) is 0 Å². The van der Waals surface area contributed by atoms with Crippen molar-refractivity contribution in [2.45, 2.75) is 17.7 Å². The fraction of sp³-hybridized carbons (Fsp3) is 0.438. The molecule has 23 heavy (non-hydrogen) atoms. The largest absolute Gasteiger partial charge is 0.497 e. The van der Waals surface area contributed by atoms with Gasteiger partial charge in [-0.2, -0.15) is 0 Å². The number of methoxy groups -OCH3 is 1. The van der Waals surface area contributed by atoms with Crippen LogP contribution in [0.25, 0.3) is 0 Å². The molecule has 3 rings (SSSR count). The number of thioether (sulfide) groups is 1. The van der Waals surface area contributed by atoms with Crippen molar-refractivity contribution in [3.05, 3.63) is 24.3 Å². The van der Waals surface area contributed by atoms with E-state index in [9.17, 15) is 14.4 Å². The molecule has 0 saturated carbocycles. The van der Waals surface area contributed by atoms with E-state index in [0.29, 0.717) is 25.3 Å². The van der Waals surface area contributed by atoms with Crippen molar-refractivity contribution in [2.24, 2.45) is 5.41 Å². The molecule has 1 spiro atoms. The number of carbonyl (C=O) groups is 3. The minimum atomic E-state index is -0.701. The van der Waals surface area contributed by atoms with Crippen LogP contribution in [0, 0.1) is 5.41 Å². The Hall–Kier alpha value is -2.02. The quantitative estimate of drug-likeness (QED) is 0.658. The van der Waals surface area contributed by atoms with Crippen molar-refractivity contribution in [3.63, 3.8) is 0 Å². The van der Waals surface area contributed by atoms with Gasteiger partial charge >= 0.3 is 0 Å². The van der Waals surface area contributed by atoms with Gasteiger partial charge in [0.2, 0.25) is 17.7 Å². The first-order valence-electron chi connectivity index (χ1n) is 7.41. The molecular formula is C16H18N2O4S. The molecule has 0 unspecified atom stereocenters. The van der Waals surface area contributed by atoms with Crippen LogP contribution >= 0.6 is 11.8 Å². The Morgan fingerprint density at radius 2 is 2.26 bits per heavy atom. The van der Waals surface area contributed by atoms with Crippen molar-refractivity contribution in [1.82, 2.24) is 10.2 Å². The van der Waals surface area contributed by atoms with Crippen LogP contribution in [0.15, 0.2) is 29.2 Å². The molecule has 2 aliphatic rings. The second-order valence-corrected chi connectivity index (χ2v) is 6.92. The van der Waals surface area contributed by atoms with E-state index in [1.165, 1.54) is 11.8 Å². The molecule has 2 aliphatic heterocycles. The van der Waals surface area contributed by atoms with E-state index >= 15 is 0 Å². The molecule has 2 saturated heterocycles. The van der Waals surface area contributed by atoms with Crippen molar-refractivity contribution in [2.75, 3.05) is 26.0 Å². The molecule has 122 valence electrons. The third-order valence-corrected chi connectivity index (χ3v) is 5.32. The maximum absolute atomic E-state index is 12.4. The van der Waals surface area contributed by atoms with Crippen LogP contribution in [0.1, 0.15) is 12.8 Å². The van der Waals surface area contributed by atoms with Crippen molar-refractivity contribution >= 4 is 29.5 Å². The topological polar surface area (TPSA) is 75.7 Å². The van der Waals surface area contributed by atoms with Gasteiger partial charge in [-0.15, -0.1) is 11.8 Å². The fourth-order valence-corrected chi connectivity index (χ4v) is 3.88. The zero-order valence-corrected chi connectivity index (χ0v) is 13.6. The number of likely N-dealkylation sites (tertiary alicyclic amines) is 1. The molecule has 0 aromatic heterocycles. The number of benzene rings is 1. The summed E-state index contributed by atoms with van der Waals surface area (Å²) in [6.07, 6.45) is 0.749. The Morgan fingerprint density at radius 1 is 1.43 bits per heavy atom. The lowest BCUT2D eigenvalue weighted by Gasteiger charge is -2.20. The highest BCUT2D eigenvalue weighted by Crippen LogP contribution is 2.38. The number of imide groups is 1. The number of ether oxygens (including phenoxy) is 1. The number of amides is 3. The van der Waals surface area contributed by atoms with Gasteiger partial charge in [0.15, 0.2) is 0 Å². The van der Waals surface area contributed by atoms with E-state index in [-0.39, 0.29) is 24.1 Å². The van der Waals surface area contributed by atoms with Gasteiger partial charge in [-0.3, -0.25) is 19.7 Å². The summed E-state index contributed by atoms with van der Waals surface area (Å²) in [6.45, 7) is 0.861. The van der Waals surface area contributed by atoms with Gasteiger partial charge in [0.1, 0.15) is 5.75 Å². The van der Waals surface area contributed by atoms with Gasteiger partial charge in [-0.05, 0) is 24.6 Å². The Labute approximate surface area is 138 Å². The average Bonchev–Trinajstić information content (AvgIpc) is 3.09. The Kier molecular flexibility index (Phi) is 4.30. The zero-order valence-electron chi connectivity index (χ0n) is 12.8. The van der Waals surface area contributed by atoms with Gasteiger partial charge in [-0.1, -0.05) is 6.07 Å². The maximum Gasteiger partial charge on any atom is 0.235 e. The molecule has 2 fully saturated rings. The molecule has 6 nitrogen and oxygen atoms in total. The number of hydrogen-bond donors (Lipinski definition) is 1. The van der Waals surface area contributed by atoms with Crippen LogP contribution in [0.2, 0.25) is 0 Å². The van der Waals surface area contributed by atoms with Crippen molar-refractivity contribution < 1.29 is 19.1 Å². The van der Waals surface area contributed by atoms with Gasteiger partial charge in [0.05, 0.1) is 18.3 Å². The van der Waals surface area contributed by atoms with E-state index in [0.717, 1.165) is 10.6 Å². The smallest absolute Gasteiger partial charge is 0.235 e. The molecule has 1 N–H and O–H groups in total. The third kappa shape index (κ3) is 3.19. The summed E-state index contributed by atoms with van der Waals surface area (Å²) in [4.78, 5) is 38.4. The first kappa shape index (κ1) is 15.9. The van der Waals surface area contributed by atoms with Crippen molar-refractivity contribution in [3.8, 4) is 5.75 Å². The van der Waals surface area contributed by atoms with Gasteiger partial charge in [-0.25, -0.2) is 0 Å². The highest BCUT2D eigenvalue weighted by atomic mass is 32.2. The van der Waals surface area contributed by atoms with Gasteiger partial charge < -0.3 is 9.64 Å². The Bertz CT molecular complexity index is 663. The predicted octanol–water partition coefficient (Wildman–Crippen LogP) is 1.05. The number of nitrogens with one attached hydrogen (secondary N) is 1. The fourth-order valence-electron chi connectivity index (χ4n) is 3.03. The van der Waals surface area contributed by atoms with Gasteiger partial charge in [0, 0.05) is 24.4 Å². The van der Waals surface area contributed by atoms with Crippen LogP contribution in [0.5, 0.6) is 5.75 Å². The lowest BCUT2D eigenvalue weighted by atomic mass is 9.85. The zero-order chi connectivity index (χ0) is 16.4. The minimum Gasteiger partial charge on any atom is -0.497 e. The summed E-state index contributed by atoms with van der Waals surface area (Å²) in [5.41, 5.74) is -0.701. The maximum atomic E-state index is 12.4. The second-order valence-electron chi connectivity index (χ2n) is 5.87. The molecule has 0 bridgehead atoms. The molecule has 3 amide bonds. The van der Waals surface area contributed by atoms with Crippen LogP contribution < -0.4 is 10.1 Å². The molecule has 2 heterocycles. The summed E-state index contributed by atoms with van der Waals surface area (Å²) >= 11 is 1.44. The number of carbonyl (C=O) groups excluding carboxylic acids is 3. The van der Waals surface area contributed by atoms with E-state index in [2.05, 4.69) is 5.32 Å². The molecule has 1 aromatic carbocycles. The summed E-state index contributed by atoms with van der Waals surface area (Å²) in [7, 11) is 1.60. The second kappa shape index (κ2) is 6.23. The van der Waals surface area contributed by atoms with E-state index in [1.54, 1.807) is 12.0 Å². The Balaban J connectivity index is 1.57. The summed E-state index contributed by atoms with van der Waals surface area (Å²) in [6, 6.07) is 7.54. The van der Waals surface area contributed by atoms with Gasteiger partial charge in [0.25, 0.3) is 0 Å². The van der Waals surface area contributed by atoms with Crippen LogP contribution in [-0.2, 0) is 14.4 Å². The number of rotatable bonds is 4. The molecular weight excluding hydrogens is 316 g/mol. The highest BCUT2D eigenvalue weighted by molar-refractivity contribution is 8.00. The minimum absolute atomic E-state index is 0.0122. The SMILES string of the molecule is COc1cccc(SCC(=O)N2CC[C@@]3(CC(=O)NC3=O)C2)c1. The molecule has 1 atom stereocenters. The predicted molar refractivity (Wildman–Crippen MR) is 85.1 cm³/mol. The summed E-state index contributed by atoms with van der Waals surface area (Å²) in [5, 5.41) is 2.34. The van der Waals surface area contributed by atoms with E-state index in [4.69, 9.17) is 4.74 Å². The lowest BCUT2D eigenvalue weighted by Crippen LogP contribution is -2.37. The monoisotopic (exact) mass is 334 g/mol. The van der Waals surface area contributed by atoms with E-state index in [1.807, 2.05) is 24.3 Å². The molecule has 0 aliphatic carbocycles. The standard InChI is InChI=1S/C16H18N2O4S/c1-22-11-3-2-4-12(7-11)23-9-14(20)18-6-5-16(10-18)8-13(19)17-15(16)21/h2-4,7H,5-6,8-10H2,1H3,(H,17,19,21)/t16-/m1/s1. The number of nitrogens with zero attached hydrogens (tertiary/aromatic N) is 1. The number of hydrogen-bond acceptors (Lipinski definition) is 5. The lowest BCUT2D eigenvalue weighted by molar-refractivity contribution is -0.129. The summed E-state index contributed by atoms with van der Waals surface area (Å²) < 4.78 is 5.16. The molecule has 0 radical (unpaired) electrons. The third-order valence-electron chi connectivity index (χ3n) is 4.34. The molecule has 7 heteroatoms. The highest BCUT2D eigenvalue weighted by Gasteiger charge is 2.51. The first-order chi connectivity index (χ1) is 11.0. The normalized spacial score (nSPS) is 23.4. The Morgan fingerprint density at radius 3 is 2.96 bits per heavy atom. The molecule has 1 aromatic rings. The van der Waals surface area contributed by atoms with Crippen LogP contribution in [0.4, 0.5) is 0 Å². The van der Waals surface area contributed by atoms with Crippen molar-refractivity contribution in [1.29, 1.82) is 0 Å².